The first-order valence-corrected chi connectivity index (χ1v) is 11.2. The van der Waals surface area contributed by atoms with Crippen molar-refractivity contribution in [2.45, 2.75) is 26.7 Å². The molecule has 34 heavy (non-hydrogen) atoms. The van der Waals surface area contributed by atoms with Crippen molar-refractivity contribution < 1.29 is 14.3 Å². The Morgan fingerprint density at radius 1 is 1.21 bits per heavy atom. The number of hydrogen-bond acceptors (Lipinski definition) is 5. The lowest BCUT2D eigenvalue weighted by molar-refractivity contribution is -0.117. The van der Waals surface area contributed by atoms with Crippen molar-refractivity contribution in [1.29, 1.82) is 5.26 Å². The van der Waals surface area contributed by atoms with Crippen molar-refractivity contribution in [3.05, 3.63) is 77.0 Å². The number of nitrogens with zero attached hydrogens (tertiary/aromatic N) is 2. The van der Waals surface area contributed by atoms with Crippen LogP contribution in [0.25, 0.3) is 11.1 Å². The third-order valence-electron chi connectivity index (χ3n) is 6.19. The number of allylic oxidation sites excluding steroid dienone is 4. The Morgan fingerprint density at radius 2 is 1.94 bits per heavy atom. The molecule has 2 atom stereocenters. The van der Waals surface area contributed by atoms with Gasteiger partial charge in [-0.1, -0.05) is 36.4 Å². The number of nitriles is 1. The van der Waals surface area contributed by atoms with E-state index in [1.165, 1.54) is 0 Å². The highest BCUT2D eigenvalue weighted by Gasteiger charge is 2.46. The number of nitrogens with two attached hydrogens (primary N) is 1. The first-order valence-electron chi connectivity index (χ1n) is 11.2. The first-order chi connectivity index (χ1) is 16.4. The summed E-state index contributed by atoms with van der Waals surface area (Å²) in [6, 6.07) is 17.1. The van der Waals surface area contributed by atoms with Gasteiger partial charge < -0.3 is 15.8 Å². The van der Waals surface area contributed by atoms with Gasteiger partial charge in [0.05, 0.1) is 29.6 Å². The molecule has 2 aliphatic rings. The lowest BCUT2D eigenvalue weighted by atomic mass is 9.91. The van der Waals surface area contributed by atoms with Gasteiger partial charge in [-0.25, -0.2) is 4.79 Å². The van der Waals surface area contributed by atoms with Crippen molar-refractivity contribution in [3.63, 3.8) is 0 Å². The Hall–Kier alpha value is -4.18. The molecule has 0 aliphatic heterocycles. The van der Waals surface area contributed by atoms with Gasteiger partial charge >= 0.3 is 6.09 Å². The second kappa shape index (κ2) is 9.75. The van der Waals surface area contributed by atoms with E-state index >= 15 is 0 Å². The standard InChI is InChI=1S/C27H26N4O3/c1-3-34-27(33)31-24-13-12-20(16(2)25(24)29)22-14-23(22)26(32)30-19-10-8-17(9-11-19)21-7-5-4-6-18(21)15-28/h4-12,22-23H,3,13-14,29H2,1-2H3,(H,30,32)/t22-,23-/m1/s1. The van der Waals surface area contributed by atoms with E-state index in [0.29, 0.717) is 29.1 Å². The number of aliphatic imine (C=N–C) groups is 1. The quantitative estimate of drug-likeness (QED) is 0.662. The molecule has 1 saturated carbocycles. The summed E-state index contributed by atoms with van der Waals surface area (Å²) in [5.74, 6) is -0.0607. The fraction of sp³-hybridized carbons (Fsp3) is 0.259. The molecule has 2 aromatic rings. The van der Waals surface area contributed by atoms with Crippen molar-refractivity contribution in [2.24, 2.45) is 22.6 Å². The van der Waals surface area contributed by atoms with Crippen molar-refractivity contribution in [2.75, 3.05) is 11.9 Å². The maximum atomic E-state index is 12.8. The molecule has 0 aromatic heterocycles. The molecule has 0 heterocycles. The Balaban J connectivity index is 1.40. The second-order valence-electron chi connectivity index (χ2n) is 8.33. The van der Waals surface area contributed by atoms with E-state index in [9.17, 15) is 14.9 Å². The van der Waals surface area contributed by atoms with Gasteiger partial charge in [0, 0.05) is 18.0 Å². The van der Waals surface area contributed by atoms with Crippen molar-refractivity contribution in [3.8, 4) is 17.2 Å². The number of carbonyl (C=O) groups is 2. The number of nitrogens with one attached hydrogen (secondary N) is 1. The average molecular weight is 455 g/mol. The van der Waals surface area contributed by atoms with Crippen LogP contribution in [0.1, 0.15) is 32.3 Å². The Bertz CT molecular complexity index is 1270. The predicted octanol–water partition coefficient (Wildman–Crippen LogP) is 4.96. The lowest BCUT2D eigenvalue weighted by Gasteiger charge is -2.18. The molecule has 2 aromatic carbocycles. The SMILES string of the molecule is CCOC(=O)N=C1CC=C([C@H]2C[C@H]2C(=O)Nc2ccc(-c3ccccc3C#N)cc2)C(C)=C1N. The minimum Gasteiger partial charge on any atom is -0.448 e. The smallest absolute Gasteiger partial charge is 0.433 e. The average Bonchev–Trinajstić information content (AvgIpc) is 3.64. The number of rotatable bonds is 5. The molecule has 7 nitrogen and oxygen atoms in total. The second-order valence-corrected chi connectivity index (χ2v) is 8.33. The van der Waals surface area contributed by atoms with Gasteiger partial charge in [-0.3, -0.25) is 4.79 Å². The first kappa shape index (κ1) is 23.0. The third-order valence-corrected chi connectivity index (χ3v) is 6.19. The fourth-order valence-corrected chi connectivity index (χ4v) is 4.27. The van der Waals surface area contributed by atoms with E-state index in [0.717, 1.165) is 28.7 Å². The third kappa shape index (κ3) is 4.76. The zero-order chi connectivity index (χ0) is 24.2. The van der Waals surface area contributed by atoms with E-state index in [1.807, 2.05) is 55.5 Å². The molecule has 0 saturated heterocycles. The summed E-state index contributed by atoms with van der Waals surface area (Å²) in [5.41, 5.74) is 12.2. The Kier molecular flexibility index (Phi) is 6.60. The monoisotopic (exact) mass is 454 g/mol. The molecule has 0 spiro atoms. The van der Waals surface area contributed by atoms with Crippen LogP contribution in [-0.4, -0.2) is 24.3 Å². The number of hydrogen-bond donors (Lipinski definition) is 2. The summed E-state index contributed by atoms with van der Waals surface area (Å²) in [6.45, 7) is 3.88. The zero-order valence-electron chi connectivity index (χ0n) is 19.2. The van der Waals surface area contributed by atoms with E-state index < -0.39 is 6.09 Å². The highest BCUT2D eigenvalue weighted by Crippen LogP contribution is 2.48. The van der Waals surface area contributed by atoms with Crippen molar-refractivity contribution >= 4 is 23.4 Å². The number of carbonyl (C=O) groups excluding carboxylic acids is 2. The summed E-state index contributed by atoms with van der Waals surface area (Å²) < 4.78 is 4.87. The summed E-state index contributed by atoms with van der Waals surface area (Å²) in [6.07, 6.45) is 2.55. The number of benzene rings is 2. The van der Waals surface area contributed by atoms with Crippen LogP contribution in [0.5, 0.6) is 0 Å². The van der Waals surface area contributed by atoms with Gasteiger partial charge in [0.25, 0.3) is 0 Å². The maximum absolute atomic E-state index is 12.8. The van der Waals surface area contributed by atoms with E-state index in [4.69, 9.17) is 10.5 Å². The molecule has 3 N–H and O–H groups in total. The van der Waals surface area contributed by atoms with Crippen LogP contribution in [0.3, 0.4) is 0 Å². The summed E-state index contributed by atoms with van der Waals surface area (Å²) in [7, 11) is 0. The zero-order valence-corrected chi connectivity index (χ0v) is 19.2. The normalized spacial score (nSPS) is 20.4. The van der Waals surface area contributed by atoms with Crippen LogP contribution in [0.4, 0.5) is 10.5 Å². The maximum Gasteiger partial charge on any atom is 0.433 e. The van der Waals surface area contributed by atoms with Gasteiger partial charge in [0.15, 0.2) is 0 Å². The highest BCUT2D eigenvalue weighted by molar-refractivity contribution is 6.07. The van der Waals surface area contributed by atoms with Gasteiger partial charge in [-0.05, 0) is 66.7 Å². The van der Waals surface area contributed by atoms with Crippen LogP contribution in [0.2, 0.25) is 0 Å². The molecule has 4 rings (SSSR count). The van der Waals surface area contributed by atoms with Crippen molar-refractivity contribution in [1.82, 2.24) is 0 Å². The largest absolute Gasteiger partial charge is 0.448 e. The molecular weight excluding hydrogens is 428 g/mol. The van der Waals surface area contributed by atoms with Crippen LogP contribution >= 0.6 is 0 Å². The Morgan fingerprint density at radius 3 is 2.65 bits per heavy atom. The summed E-state index contributed by atoms with van der Waals surface area (Å²) in [5, 5.41) is 12.3. The van der Waals surface area contributed by atoms with Gasteiger partial charge in [-0.15, -0.1) is 0 Å². The lowest BCUT2D eigenvalue weighted by Crippen LogP contribution is -2.21. The van der Waals surface area contributed by atoms with Gasteiger partial charge in [0.2, 0.25) is 5.91 Å². The molecular formula is C27H26N4O3. The number of anilines is 1. The molecule has 1 fully saturated rings. The van der Waals surface area contributed by atoms with E-state index in [2.05, 4.69) is 16.4 Å². The number of ether oxygens (including phenoxy) is 1. The number of amides is 2. The van der Waals surface area contributed by atoms with E-state index in [-0.39, 0.29) is 24.3 Å². The molecule has 0 unspecified atom stereocenters. The molecule has 0 radical (unpaired) electrons. The van der Waals surface area contributed by atoms with Crippen LogP contribution in [0.15, 0.2) is 76.4 Å². The van der Waals surface area contributed by atoms with Crippen LogP contribution in [-0.2, 0) is 9.53 Å². The van der Waals surface area contributed by atoms with Gasteiger partial charge in [0.1, 0.15) is 0 Å². The van der Waals surface area contributed by atoms with Crippen LogP contribution in [0, 0.1) is 23.2 Å². The summed E-state index contributed by atoms with van der Waals surface area (Å²) >= 11 is 0. The fourth-order valence-electron chi connectivity index (χ4n) is 4.27. The van der Waals surface area contributed by atoms with E-state index in [1.54, 1.807) is 13.0 Å². The van der Waals surface area contributed by atoms with Gasteiger partial charge in [-0.2, -0.15) is 10.3 Å². The molecule has 0 bridgehead atoms. The summed E-state index contributed by atoms with van der Waals surface area (Å²) in [4.78, 5) is 28.5. The molecule has 172 valence electrons. The predicted molar refractivity (Wildman–Crippen MR) is 131 cm³/mol. The molecule has 7 heteroatoms. The minimum atomic E-state index is -0.643. The minimum absolute atomic E-state index is 0.0339. The topological polar surface area (TPSA) is 118 Å². The Labute approximate surface area is 198 Å². The molecule has 2 amide bonds. The van der Waals surface area contributed by atoms with Crippen LogP contribution < -0.4 is 11.1 Å². The highest BCUT2D eigenvalue weighted by atomic mass is 16.5. The molecule has 2 aliphatic carbocycles.